The molecule has 6 aromatic carbocycles. The smallest absolute Gasteiger partial charge is 0.136 e. The van der Waals surface area contributed by atoms with Crippen molar-refractivity contribution in [2.24, 2.45) is 0 Å². The molecule has 8 rings (SSSR count). The number of rotatable bonds is 2. The van der Waals surface area contributed by atoms with Crippen molar-refractivity contribution in [2.75, 3.05) is 0 Å². The van der Waals surface area contributed by atoms with Crippen LogP contribution in [0.4, 0.5) is 0 Å². The predicted octanol–water partition coefficient (Wildman–Crippen LogP) is 9.97. The number of hydrogen-bond acceptors (Lipinski definition) is 2. The van der Waals surface area contributed by atoms with E-state index in [0.29, 0.717) is 0 Å². The minimum Gasteiger partial charge on any atom is -0.464 e. The molecule has 8 aromatic rings. The van der Waals surface area contributed by atoms with Crippen LogP contribution in [0.15, 0.2) is 130 Å². The third-order valence-electron chi connectivity index (χ3n) is 5.93. The first-order chi connectivity index (χ1) is 26.2. The standard InChI is InChI=1S/C34H20O2/c1-2-9-21(10-3-1)32-23-11-4-6-13-25(23)33(26-14-7-5-12-24(26)32)27-15-8-16-29-34(27)28-20-30-22(17-18-35-30)19-31(28)36-29/h1-20H/i1D,2D,3D,4D,5D,6D,7D,8D,9D,10D,11D,12D,13D,14D,15D,16D,17D,18D,19D,20D. The van der Waals surface area contributed by atoms with Gasteiger partial charge in [0.05, 0.1) is 32.3 Å². The highest BCUT2D eigenvalue weighted by atomic mass is 16.3. The van der Waals surface area contributed by atoms with Crippen molar-refractivity contribution in [3.05, 3.63) is 121 Å². The summed E-state index contributed by atoms with van der Waals surface area (Å²) in [5, 5.41) is -3.33. The van der Waals surface area contributed by atoms with E-state index >= 15 is 0 Å². The lowest BCUT2D eigenvalue weighted by atomic mass is 9.85. The highest BCUT2D eigenvalue weighted by Gasteiger charge is 2.20. The first-order valence-electron chi connectivity index (χ1n) is 20.6. The molecule has 0 atom stereocenters. The van der Waals surface area contributed by atoms with Crippen LogP contribution in [0.3, 0.4) is 0 Å². The first-order valence-corrected chi connectivity index (χ1v) is 10.6. The summed E-state index contributed by atoms with van der Waals surface area (Å²) in [5.41, 5.74) is -3.69. The quantitative estimate of drug-likeness (QED) is 0.230. The Morgan fingerprint density at radius 2 is 1.17 bits per heavy atom. The van der Waals surface area contributed by atoms with Crippen LogP contribution >= 0.6 is 0 Å². The summed E-state index contributed by atoms with van der Waals surface area (Å²) in [6.45, 7) is 0. The Balaban J connectivity index is 1.81. The van der Waals surface area contributed by atoms with Crippen molar-refractivity contribution in [1.82, 2.24) is 0 Å². The summed E-state index contributed by atoms with van der Waals surface area (Å²) in [4.78, 5) is 0. The summed E-state index contributed by atoms with van der Waals surface area (Å²) >= 11 is 0. The Hall–Kier alpha value is -4.82. The van der Waals surface area contributed by atoms with Gasteiger partial charge in [-0.25, -0.2) is 0 Å². The minimum absolute atomic E-state index is 0.293. The van der Waals surface area contributed by atoms with Gasteiger partial charge in [0.2, 0.25) is 0 Å². The summed E-state index contributed by atoms with van der Waals surface area (Å²) in [6.07, 6.45) is -0.692. The molecule has 0 aliphatic rings. The maximum Gasteiger partial charge on any atom is 0.136 e. The molecule has 2 nitrogen and oxygen atoms in total. The van der Waals surface area contributed by atoms with E-state index in [1.54, 1.807) is 0 Å². The van der Waals surface area contributed by atoms with Crippen molar-refractivity contribution in [2.45, 2.75) is 0 Å². The van der Waals surface area contributed by atoms with Gasteiger partial charge in [0.15, 0.2) is 0 Å². The third-order valence-corrected chi connectivity index (χ3v) is 5.93. The number of benzene rings is 6. The Morgan fingerprint density at radius 1 is 0.500 bits per heavy atom. The van der Waals surface area contributed by atoms with Gasteiger partial charge in [-0.15, -0.1) is 0 Å². The molecule has 0 radical (unpaired) electrons. The SMILES string of the molecule is [2H]c1oc2c([2H])c3c(oc4c([2H])c([2H])c([2H])c(-c5c6c([2H])c([2H])c([2H])c([2H])c6c(-c6c([2H])c([2H])c([2H])c([2H])c6[2H])c6c([2H])c([2H])c([2H])c([2H])c56)c43)c([2H])c2c1[2H]. The monoisotopic (exact) mass is 480 g/mol. The molecule has 0 aliphatic heterocycles. The van der Waals surface area contributed by atoms with Crippen LogP contribution in [0.2, 0.25) is 0 Å². The molecule has 0 aliphatic carbocycles. The maximum atomic E-state index is 9.30. The average Bonchev–Trinajstić information content (AvgIpc) is 3.72. The maximum absolute atomic E-state index is 9.30. The van der Waals surface area contributed by atoms with Crippen LogP contribution in [0, 0.1) is 0 Å². The van der Waals surface area contributed by atoms with E-state index in [9.17, 15) is 4.11 Å². The topological polar surface area (TPSA) is 26.3 Å². The predicted molar refractivity (Wildman–Crippen MR) is 149 cm³/mol. The van der Waals surface area contributed by atoms with E-state index in [4.69, 9.17) is 32.1 Å². The van der Waals surface area contributed by atoms with Crippen molar-refractivity contribution < 1.29 is 36.2 Å². The van der Waals surface area contributed by atoms with Crippen LogP contribution in [0.25, 0.3) is 76.7 Å². The van der Waals surface area contributed by atoms with Gasteiger partial charge in [-0.3, -0.25) is 0 Å². The molecule has 168 valence electrons. The van der Waals surface area contributed by atoms with Gasteiger partial charge < -0.3 is 8.83 Å². The molecule has 0 saturated carbocycles. The summed E-state index contributed by atoms with van der Waals surface area (Å²) < 4.78 is 187. The number of hydrogen-bond donors (Lipinski definition) is 0. The van der Waals surface area contributed by atoms with E-state index in [-0.39, 0.29) is 16.2 Å². The van der Waals surface area contributed by atoms with Gasteiger partial charge in [-0.1, -0.05) is 90.6 Å². The van der Waals surface area contributed by atoms with Crippen molar-refractivity contribution in [3.63, 3.8) is 0 Å². The van der Waals surface area contributed by atoms with E-state index in [2.05, 4.69) is 0 Å². The van der Waals surface area contributed by atoms with Crippen LogP contribution in [-0.4, -0.2) is 0 Å². The lowest BCUT2D eigenvalue weighted by Crippen LogP contribution is -1.91. The van der Waals surface area contributed by atoms with Crippen LogP contribution in [0.5, 0.6) is 0 Å². The lowest BCUT2D eigenvalue weighted by Gasteiger charge is -2.18. The van der Waals surface area contributed by atoms with Gasteiger partial charge in [0.25, 0.3) is 0 Å². The van der Waals surface area contributed by atoms with Gasteiger partial charge >= 0.3 is 0 Å². The largest absolute Gasteiger partial charge is 0.464 e. The Labute approximate surface area is 235 Å². The van der Waals surface area contributed by atoms with E-state index in [1.807, 2.05) is 0 Å². The first kappa shape index (κ1) is 8.39. The molecule has 0 fully saturated rings. The van der Waals surface area contributed by atoms with Crippen molar-refractivity contribution in [1.29, 1.82) is 0 Å². The molecule has 2 heteroatoms. The molecule has 0 amide bonds. The fourth-order valence-corrected chi connectivity index (χ4v) is 4.50. The van der Waals surface area contributed by atoms with Crippen molar-refractivity contribution >= 4 is 54.5 Å². The van der Waals surface area contributed by atoms with E-state index in [1.165, 1.54) is 0 Å². The second-order valence-corrected chi connectivity index (χ2v) is 7.79. The molecule has 0 saturated heterocycles. The van der Waals surface area contributed by atoms with Gasteiger partial charge in [0, 0.05) is 16.2 Å². The van der Waals surface area contributed by atoms with E-state index < -0.39 is 182 Å². The Morgan fingerprint density at radius 3 is 1.89 bits per heavy atom. The molecule has 36 heavy (non-hydrogen) atoms. The van der Waals surface area contributed by atoms with Crippen LogP contribution < -0.4 is 0 Å². The van der Waals surface area contributed by atoms with Gasteiger partial charge in [0.1, 0.15) is 18.1 Å². The van der Waals surface area contributed by atoms with Gasteiger partial charge in [-0.05, 0) is 68.0 Å². The normalized spacial score (nSPS) is 19.7. The number of fused-ring (bicyclic) bond motifs is 6. The number of furan rings is 2. The fraction of sp³-hybridized carbons (Fsp3) is 0. The molecule has 2 aromatic heterocycles. The zero-order chi connectivity index (χ0) is 41.0. The summed E-state index contributed by atoms with van der Waals surface area (Å²) in [7, 11) is 0. The second-order valence-electron chi connectivity index (χ2n) is 7.79. The zero-order valence-electron chi connectivity index (χ0n) is 37.8. The zero-order valence-corrected chi connectivity index (χ0v) is 17.8. The Bertz CT molecular complexity index is 3090. The summed E-state index contributed by atoms with van der Waals surface area (Å²) in [5.74, 6) is 0. The van der Waals surface area contributed by atoms with Crippen LogP contribution in [-0.2, 0) is 0 Å². The second kappa shape index (κ2) is 7.34. The highest BCUT2D eigenvalue weighted by molar-refractivity contribution is 6.26. The fourth-order valence-electron chi connectivity index (χ4n) is 4.50. The average molecular weight is 481 g/mol. The molecular weight excluding hydrogens is 440 g/mol. The molecule has 0 N–H and O–H groups in total. The molecule has 0 bridgehead atoms. The molecule has 2 heterocycles. The third kappa shape index (κ3) is 2.67. The highest BCUT2D eigenvalue weighted by Crippen LogP contribution is 2.47. The molecular formula is C34H20O2. The van der Waals surface area contributed by atoms with E-state index in [0.717, 1.165) is 0 Å². The van der Waals surface area contributed by atoms with Crippen molar-refractivity contribution in [3.8, 4) is 22.3 Å². The molecule has 0 spiro atoms. The Kier molecular flexibility index (Phi) is 1.71. The van der Waals surface area contributed by atoms with Crippen LogP contribution in [0.1, 0.15) is 27.4 Å². The van der Waals surface area contributed by atoms with Gasteiger partial charge in [-0.2, -0.15) is 0 Å². The summed E-state index contributed by atoms with van der Waals surface area (Å²) in [6, 6.07) is -15.3. The molecule has 0 unspecified atom stereocenters. The minimum atomic E-state index is -0.878. The lowest BCUT2D eigenvalue weighted by molar-refractivity contribution is 0.616.